The highest BCUT2D eigenvalue weighted by Gasteiger charge is 2.28. The number of nitrogens with one attached hydrogen (secondary N) is 2. The monoisotopic (exact) mass is 343 g/mol. The minimum Gasteiger partial charge on any atom is -0.353 e. The number of rotatable bonds is 6. The number of likely N-dealkylation sites (tertiary alicyclic amines) is 1. The molecule has 2 fully saturated rings. The summed E-state index contributed by atoms with van der Waals surface area (Å²) in [6.07, 6.45) is 12.2. The van der Waals surface area contributed by atoms with Crippen molar-refractivity contribution >= 4 is 5.91 Å². The maximum Gasteiger partial charge on any atom is 0.223 e. The summed E-state index contributed by atoms with van der Waals surface area (Å²) >= 11 is 0. The molecule has 2 N–H and O–H groups in total. The number of amides is 1. The fourth-order valence-corrected chi connectivity index (χ4v) is 4.47. The second-order valence-electron chi connectivity index (χ2n) is 8.06. The highest BCUT2D eigenvalue weighted by atomic mass is 16.1. The van der Waals surface area contributed by atoms with Crippen LogP contribution in [0.15, 0.2) is 30.3 Å². The number of hydrogen-bond donors (Lipinski definition) is 2. The van der Waals surface area contributed by atoms with Crippen molar-refractivity contribution in [2.24, 2.45) is 5.92 Å². The van der Waals surface area contributed by atoms with Gasteiger partial charge < -0.3 is 10.2 Å². The van der Waals surface area contributed by atoms with Gasteiger partial charge in [-0.2, -0.15) is 0 Å². The molecule has 1 saturated carbocycles. The first-order valence-electron chi connectivity index (χ1n) is 10.5. The highest BCUT2D eigenvalue weighted by Crippen LogP contribution is 2.18. The van der Waals surface area contributed by atoms with Gasteiger partial charge in [-0.1, -0.05) is 56.0 Å². The molecule has 1 aromatic carbocycles. The number of benzene rings is 1. The van der Waals surface area contributed by atoms with Crippen molar-refractivity contribution in [1.82, 2.24) is 5.32 Å². The lowest BCUT2D eigenvalue weighted by atomic mass is 9.94. The summed E-state index contributed by atoms with van der Waals surface area (Å²) < 4.78 is 0. The summed E-state index contributed by atoms with van der Waals surface area (Å²) in [5.74, 6) is 0.608. The van der Waals surface area contributed by atoms with E-state index in [1.165, 1.54) is 63.5 Å². The van der Waals surface area contributed by atoms with Gasteiger partial charge in [0.25, 0.3) is 0 Å². The van der Waals surface area contributed by atoms with Crippen LogP contribution in [0, 0.1) is 5.92 Å². The maximum atomic E-state index is 12.6. The molecule has 1 amide bonds. The fourth-order valence-electron chi connectivity index (χ4n) is 4.47. The molecule has 138 valence electrons. The molecule has 2 aliphatic rings. The van der Waals surface area contributed by atoms with Crippen LogP contribution in [-0.2, 0) is 11.2 Å². The Morgan fingerprint density at radius 1 is 0.960 bits per heavy atom. The van der Waals surface area contributed by atoms with E-state index in [9.17, 15) is 4.79 Å². The SMILES string of the molecule is O=C(NC1CCCCCC1)C1CC[NH+](CCCc2ccccc2)CC1. The minimum absolute atomic E-state index is 0.265. The highest BCUT2D eigenvalue weighted by molar-refractivity contribution is 5.79. The Kier molecular flexibility index (Phi) is 7.35. The van der Waals surface area contributed by atoms with E-state index < -0.39 is 0 Å². The van der Waals surface area contributed by atoms with Gasteiger partial charge >= 0.3 is 0 Å². The first-order valence-corrected chi connectivity index (χ1v) is 10.5. The van der Waals surface area contributed by atoms with Gasteiger partial charge in [0.05, 0.1) is 19.6 Å². The van der Waals surface area contributed by atoms with Gasteiger partial charge in [0.15, 0.2) is 0 Å². The van der Waals surface area contributed by atoms with Gasteiger partial charge in [-0.15, -0.1) is 0 Å². The second-order valence-corrected chi connectivity index (χ2v) is 8.06. The third-order valence-electron chi connectivity index (χ3n) is 6.10. The van der Waals surface area contributed by atoms with Crippen LogP contribution in [-0.4, -0.2) is 31.6 Å². The van der Waals surface area contributed by atoms with Crippen LogP contribution in [0.25, 0.3) is 0 Å². The molecule has 0 spiro atoms. The van der Waals surface area contributed by atoms with Gasteiger partial charge in [-0.05, 0) is 24.8 Å². The van der Waals surface area contributed by atoms with Gasteiger partial charge in [-0.3, -0.25) is 4.79 Å². The summed E-state index contributed by atoms with van der Waals surface area (Å²) in [6.45, 7) is 3.57. The summed E-state index contributed by atoms with van der Waals surface area (Å²) in [5.41, 5.74) is 1.44. The quantitative estimate of drug-likeness (QED) is 0.765. The van der Waals surface area contributed by atoms with Crippen LogP contribution in [0.5, 0.6) is 0 Å². The Hall–Kier alpha value is -1.35. The molecule has 3 heteroatoms. The summed E-state index contributed by atoms with van der Waals surface area (Å²) in [6, 6.07) is 11.2. The Morgan fingerprint density at radius 2 is 1.64 bits per heavy atom. The number of quaternary nitrogens is 1. The predicted octanol–water partition coefficient (Wildman–Crippen LogP) is 2.75. The average Bonchev–Trinajstić information content (AvgIpc) is 2.92. The molecule has 25 heavy (non-hydrogen) atoms. The molecule has 1 saturated heterocycles. The molecule has 0 radical (unpaired) electrons. The van der Waals surface area contributed by atoms with Crippen LogP contribution < -0.4 is 10.2 Å². The smallest absolute Gasteiger partial charge is 0.223 e. The molecular formula is C22H35N2O+. The van der Waals surface area contributed by atoms with Crippen molar-refractivity contribution in [2.75, 3.05) is 19.6 Å². The summed E-state index contributed by atoms with van der Waals surface area (Å²) in [7, 11) is 0. The van der Waals surface area contributed by atoms with Crippen molar-refractivity contribution in [3.05, 3.63) is 35.9 Å². The third-order valence-corrected chi connectivity index (χ3v) is 6.10. The van der Waals surface area contributed by atoms with E-state index in [0.717, 1.165) is 25.9 Å². The number of piperidine rings is 1. The molecule has 0 bridgehead atoms. The molecule has 1 heterocycles. The van der Waals surface area contributed by atoms with Crippen molar-refractivity contribution in [3.63, 3.8) is 0 Å². The Morgan fingerprint density at radius 3 is 2.32 bits per heavy atom. The Labute approximate surface area is 153 Å². The van der Waals surface area contributed by atoms with Crippen molar-refractivity contribution < 1.29 is 9.69 Å². The number of hydrogen-bond acceptors (Lipinski definition) is 1. The van der Waals surface area contributed by atoms with Gasteiger partial charge in [-0.25, -0.2) is 0 Å². The molecule has 3 nitrogen and oxygen atoms in total. The normalized spacial score (nSPS) is 25.3. The molecule has 1 aliphatic heterocycles. The third kappa shape index (κ3) is 6.14. The summed E-state index contributed by atoms with van der Waals surface area (Å²) in [4.78, 5) is 14.3. The largest absolute Gasteiger partial charge is 0.353 e. The molecule has 1 aromatic rings. The Balaban J connectivity index is 1.33. The van der Waals surface area contributed by atoms with Crippen LogP contribution in [0.1, 0.15) is 63.4 Å². The van der Waals surface area contributed by atoms with Crippen molar-refractivity contribution in [1.29, 1.82) is 0 Å². The van der Waals surface area contributed by atoms with E-state index in [1.807, 2.05) is 0 Å². The van der Waals surface area contributed by atoms with E-state index in [4.69, 9.17) is 0 Å². The van der Waals surface area contributed by atoms with Crippen molar-refractivity contribution in [2.45, 2.75) is 70.3 Å². The van der Waals surface area contributed by atoms with Crippen LogP contribution in [0.2, 0.25) is 0 Å². The lowest BCUT2D eigenvalue weighted by Gasteiger charge is -2.29. The molecule has 0 aromatic heterocycles. The van der Waals surface area contributed by atoms with Crippen LogP contribution in [0.4, 0.5) is 0 Å². The maximum absolute atomic E-state index is 12.6. The zero-order valence-electron chi connectivity index (χ0n) is 15.6. The lowest BCUT2D eigenvalue weighted by molar-refractivity contribution is -0.906. The first kappa shape index (κ1) is 18.4. The molecule has 3 rings (SSSR count). The lowest BCUT2D eigenvalue weighted by Crippen LogP contribution is -3.13. The Bertz CT molecular complexity index is 500. The van der Waals surface area contributed by atoms with Crippen LogP contribution in [0.3, 0.4) is 0 Å². The number of carbonyl (C=O) groups excluding carboxylic acids is 1. The molecule has 0 atom stereocenters. The van der Waals surface area contributed by atoms with E-state index in [1.54, 1.807) is 4.90 Å². The average molecular weight is 344 g/mol. The van der Waals surface area contributed by atoms with Gasteiger partial charge in [0.2, 0.25) is 5.91 Å². The zero-order chi connectivity index (χ0) is 17.3. The van der Waals surface area contributed by atoms with Gasteiger partial charge in [0, 0.05) is 31.2 Å². The molecule has 0 unspecified atom stereocenters. The molecular weight excluding hydrogens is 308 g/mol. The topological polar surface area (TPSA) is 33.5 Å². The summed E-state index contributed by atoms with van der Waals surface area (Å²) in [5, 5.41) is 3.36. The standard InChI is InChI=1S/C22H34N2O/c25-22(23-21-12-6-1-2-7-13-21)20-14-17-24(18-15-20)16-8-11-19-9-4-3-5-10-19/h3-5,9-10,20-21H,1-2,6-8,11-18H2,(H,23,25)/p+1. The minimum atomic E-state index is 0.265. The van der Waals surface area contributed by atoms with E-state index >= 15 is 0 Å². The molecule has 1 aliphatic carbocycles. The van der Waals surface area contributed by atoms with Crippen LogP contribution >= 0.6 is 0 Å². The van der Waals surface area contributed by atoms with E-state index in [2.05, 4.69) is 35.6 Å². The first-order chi connectivity index (χ1) is 12.3. The second kappa shape index (κ2) is 9.96. The van der Waals surface area contributed by atoms with Crippen molar-refractivity contribution in [3.8, 4) is 0 Å². The fraction of sp³-hybridized carbons (Fsp3) is 0.682. The number of aryl methyl sites for hydroxylation is 1. The zero-order valence-corrected chi connectivity index (χ0v) is 15.6. The van der Waals surface area contributed by atoms with Gasteiger partial charge in [0.1, 0.15) is 0 Å². The number of carbonyl (C=O) groups is 1. The van der Waals surface area contributed by atoms with E-state index in [-0.39, 0.29) is 5.92 Å². The predicted molar refractivity (Wildman–Crippen MR) is 103 cm³/mol. The van der Waals surface area contributed by atoms with E-state index in [0.29, 0.717) is 11.9 Å².